The van der Waals surface area contributed by atoms with E-state index in [0.29, 0.717) is 15.8 Å². The number of halogens is 3. The van der Waals surface area contributed by atoms with Gasteiger partial charge in [-0.05, 0) is 58.7 Å². The van der Waals surface area contributed by atoms with Crippen molar-refractivity contribution in [3.05, 3.63) is 56.8 Å². The van der Waals surface area contributed by atoms with Crippen molar-refractivity contribution >= 4 is 44.8 Å². The van der Waals surface area contributed by atoms with Gasteiger partial charge in [-0.3, -0.25) is 4.79 Å². The molecular formula is C14H11BrClFN2O. The fourth-order valence-corrected chi connectivity index (χ4v) is 2.29. The van der Waals surface area contributed by atoms with Gasteiger partial charge in [-0.1, -0.05) is 11.6 Å². The third-order valence-corrected chi connectivity index (χ3v) is 3.75. The van der Waals surface area contributed by atoms with Crippen LogP contribution < -0.4 is 11.1 Å². The summed E-state index contributed by atoms with van der Waals surface area (Å²) in [7, 11) is 0. The van der Waals surface area contributed by atoms with Crippen molar-refractivity contribution in [3.8, 4) is 0 Å². The summed E-state index contributed by atoms with van der Waals surface area (Å²) in [6.45, 7) is 1.86. The molecule has 20 heavy (non-hydrogen) atoms. The molecule has 0 spiro atoms. The Bertz CT molecular complexity index is 691. The molecule has 0 radical (unpaired) electrons. The summed E-state index contributed by atoms with van der Waals surface area (Å²) in [6, 6.07) is 7.32. The molecule has 0 fully saturated rings. The molecule has 0 saturated heterocycles. The van der Waals surface area contributed by atoms with Gasteiger partial charge in [-0.15, -0.1) is 0 Å². The Balaban J connectivity index is 2.27. The predicted molar refractivity (Wildman–Crippen MR) is 82.7 cm³/mol. The second-order valence-electron chi connectivity index (χ2n) is 4.27. The zero-order valence-electron chi connectivity index (χ0n) is 10.5. The quantitative estimate of drug-likeness (QED) is 0.783. The maximum absolute atomic E-state index is 13.3. The van der Waals surface area contributed by atoms with Gasteiger partial charge < -0.3 is 11.1 Å². The Morgan fingerprint density at radius 1 is 1.35 bits per heavy atom. The molecule has 0 unspecified atom stereocenters. The van der Waals surface area contributed by atoms with Gasteiger partial charge in [0.05, 0.1) is 10.7 Å². The lowest BCUT2D eigenvalue weighted by atomic mass is 10.1. The van der Waals surface area contributed by atoms with Gasteiger partial charge in [0.1, 0.15) is 5.82 Å². The Morgan fingerprint density at radius 2 is 2.05 bits per heavy atom. The van der Waals surface area contributed by atoms with E-state index in [1.165, 1.54) is 12.1 Å². The van der Waals surface area contributed by atoms with Crippen LogP contribution >= 0.6 is 27.5 Å². The van der Waals surface area contributed by atoms with Crippen LogP contribution in [0.1, 0.15) is 15.9 Å². The van der Waals surface area contributed by atoms with E-state index in [9.17, 15) is 9.18 Å². The first kappa shape index (κ1) is 14.8. The first-order valence-corrected chi connectivity index (χ1v) is 6.87. The maximum atomic E-state index is 13.3. The van der Waals surface area contributed by atoms with E-state index in [-0.39, 0.29) is 10.6 Å². The minimum absolute atomic E-state index is 0.0256. The van der Waals surface area contributed by atoms with Crippen LogP contribution in [-0.4, -0.2) is 5.91 Å². The van der Waals surface area contributed by atoms with Gasteiger partial charge in [-0.2, -0.15) is 0 Å². The van der Waals surface area contributed by atoms with Gasteiger partial charge in [0, 0.05) is 15.7 Å². The van der Waals surface area contributed by atoms with Crippen LogP contribution in [0.3, 0.4) is 0 Å². The second kappa shape index (κ2) is 5.81. The third kappa shape index (κ3) is 3.11. The number of aryl methyl sites for hydroxylation is 1. The highest BCUT2D eigenvalue weighted by Gasteiger charge is 2.11. The zero-order chi connectivity index (χ0) is 14.9. The van der Waals surface area contributed by atoms with Crippen LogP contribution in [0.4, 0.5) is 15.8 Å². The van der Waals surface area contributed by atoms with Crippen LogP contribution in [0, 0.1) is 12.7 Å². The number of nitrogens with two attached hydrogens (primary N) is 1. The van der Waals surface area contributed by atoms with E-state index in [2.05, 4.69) is 21.2 Å². The number of carbonyl (C=O) groups excluding carboxylic acids is 1. The maximum Gasteiger partial charge on any atom is 0.255 e. The summed E-state index contributed by atoms with van der Waals surface area (Å²) in [5.41, 5.74) is 7.96. The lowest BCUT2D eigenvalue weighted by Gasteiger charge is -2.10. The Morgan fingerprint density at radius 3 is 2.70 bits per heavy atom. The molecule has 0 saturated carbocycles. The summed E-state index contributed by atoms with van der Waals surface area (Å²) in [5.74, 6) is -1.08. The molecule has 2 aromatic carbocycles. The SMILES string of the molecule is Cc1cc(Br)c(NC(=O)c2ccc(Cl)c(F)c2)cc1N. The number of carbonyl (C=O) groups is 1. The Hall–Kier alpha value is -1.59. The molecule has 0 aliphatic rings. The predicted octanol–water partition coefficient (Wildman–Crippen LogP) is 4.38. The molecule has 3 nitrogen and oxygen atoms in total. The number of nitrogens with one attached hydrogen (secondary N) is 1. The van der Waals surface area contributed by atoms with Crippen LogP contribution in [0.5, 0.6) is 0 Å². The van der Waals surface area contributed by atoms with Crippen molar-refractivity contribution in [2.75, 3.05) is 11.1 Å². The average Bonchev–Trinajstić information content (AvgIpc) is 2.39. The van der Waals surface area contributed by atoms with Crippen molar-refractivity contribution in [1.82, 2.24) is 0 Å². The fourth-order valence-electron chi connectivity index (χ4n) is 1.62. The summed E-state index contributed by atoms with van der Waals surface area (Å²) in [4.78, 5) is 12.0. The molecule has 3 N–H and O–H groups in total. The molecular weight excluding hydrogens is 347 g/mol. The third-order valence-electron chi connectivity index (χ3n) is 2.79. The average molecular weight is 358 g/mol. The molecule has 0 aliphatic carbocycles. The number of nitrogen functional groups attached to an aromatic ring is 1. The molecule has 2 rings (SSSR count). The highest BCUT2D eigenvalue weighted by atomic mass is 79.9. The zero-order valence-corrected chi connectivity index (χ0v) is 12.8. The topological polar surface area (TPSA) is 55.1 Å². The van der Waals surface area contributed by atoms with Crippen LogP contribution in [0.15, 0.2) is 34.8 Å². The van der Waals surface area contributed by atoms with Crippen molar-refractivity contribution in [2.45, 2.75) is 6.92 Å². The van der Waals surface area contributed by atoms with Crippen LogP contribution in [0.25, 0.3) is 0 Å². The summed E-state index contributed by atoms with van der Waals surface area (Å²) in [5, 5.41) is 2.64. The highest BCUT2D eigenvalue weighted by molar-refractivity contribution is 9.10. The number of anilines is 2. The largest absolute Gasteiger partial charge is 0.398 e. The Labute approximate surface area is 129 Å². The van der Waals surface area contributed by atoms with Crippen molar-refractivity contribution in [2.24, 2.45) is 0 Å². The molecule has 0 heterocycles. The van der Waals surface area contributed by atoms with E-state index in [1.807, 2.05) is 6.92 Å². The number of rotatable bonds is 2. The van der Waals surface area contributed by atoms with Gasteiger partial charge in [-0.25, -0.2) is 4.39 Å². The number of benzene rings is 2. The van der Waals surface area contributed by atoms with Crippen LogP contribution in [-0.2, 0) is 0 Å². The lowest BCUT2D eigenvalue weighted by Crippen LogP contribution is -2.13. The second-order valence-corrected chi connectivity index (χ2v) is 5.53. The van der Waals surface area contributed by atoms with E-state index in [4.69, 9.17) is 17.3 Å². The lowest BCUT2D eigenvalue weighted by molar-refractivity contribution is 0.102. The first-order chi connectivity index (χ1) is 9.38. The fraction of sp³-hybridized carbons (Fsp3) is 0.0714. The van der Waals surface area contributed by atoms with E-state index in [0.717, 1.165) is 11.6 Å². The monoisotopic (exact) mass is 356 g/mol. The van der Waals surface area contributed by atoms with Crippen molar-refractivity contribution in [1.29, 1.82) is 0 Å². The Kier molecular flexibility index (Phi) is 4.30. The van der Waals surface area contributed by atoms with Crippen molar-refractivity contribution in [3.63, 3.8) is 0 Å². The summed E-state index contributed by atoms with van der Waals surface area (Å²) < 4.78 is 14.0. The van der Waals surface area contributed by atoms with Gasteiger partial charge >= 0.3 is 0 Å². The number of amides is 1. The summed E-state index contributed by atoms with van der Waals surface area (Å²) in [6.07, 6.45) is 0. The van der Waals surface area contributed by atoms with Gasteiger partial charge in [0.25, 0.3) is 5.91 Å². The van der Waals surface area contributed by atoms with E-state index in [1.54, 1.807) is 12.1 Å². The molecule has 104 valence electrons. The normalized spacial score (nSPS) is 10.4. The summed E-state index contributed by atoms with van der Waals surface area (Å²) >= 11 is 8.92. The smallest absolute Gasteiger partial charge is 0.255 e. The minimum atomic E-state index is -0.637. The molecule has 0 atom stereocenters. The molecule has 6 heteroatoms. The van der Waals surface area contributed by atoms with Gasteiger partial charge in [0.2, 0.25) is 0 Å². The number of hydrogen-bond acceptors (Lipinski definition) is 2. The minimum Gasteiger partial charge on any atom is -0.398 e. The number of hydrogen-bond donors (Lipinski definition) is 2. The van der Waals surface area contributed by atoms with E-state index < -0.39 is 11.7 Å². The molecule has 0 aliphatic heterocycles. The van der Waals surface area contributed by atoms with Crippen molar-refractivity contribution < 1.29 is 9.18 Å². The van der Waals surface area contributed by atoms with E-state index >= 15 is 0 Å². The molecule has 0 aromatic heterocycles. The first-order valence-electron chi connectivity index (χ1n) is 5.70. The molecule has 1 amide bonds. The van der Waals surface area contributed by atoms with Gasteiger partial charge in [0.15, 0.2) is 0 Å². The van der Waals surface area contributed by atoms with Crippen LogP contribution in [0.2, 0.25) is 5.02 Å². The molecule has 0 bridgehead atoms. The standard InChI is InChI=1S/C14H11BrClFN2O/c1-7-4-9(15)13(6-12(7)18)19-14(20)8-2-3-10(16)11(17)5-8/h2-6H,18H2,1H3,(H,19,20). The highest BCUT2D eigenvalue weighted by Crippen LogP contribution is 2.28. The molecule has 2 aromatic rings.